The topological polar surface area (TPSA) is 71.1 Å². The van der Waals surface area contributed by atoms with Gasteiger partial charge in [-0.25, -0.2) is 13.8 Å². The molecule has 5 nitrogen and oxygen atoms in total. The minimum atomic E-state index is -0.905. The molecule has 0 aliphatic carbocycles. The SMILES string of the molecule is Cc1ccc(NC(=O)c2cccc(C(=O)Nc3ccc(F)cc3F)n2)c(C)c1. The second-order valence-corrected chi connectivity index (χ2v) is 6.26. The Morgan fingerprint density at radius 3 is 2.04 bits per heavy atom. The van der Waals surface area contributed by atoms with Gasteiger partial charge in [-0.1, -0.05) is 23.8 Å². The van der Waals surface area contributed by atoms with Gasteiger partial charge < -0.3 is 10.6 Å². The molecule has 0 aliphatic heterocycles. The van der Waals surface area contributed by atoms with Crippen molar-refractivity contribution in [2.75, 3.05) is 10.6 Å². The number of nitrogens with zero attached hydrogens (tertiary/aromatic N) is 1. The van der Waals surface area contributed by atoms with E-state index in [2.05, 4.69) is 15.6 Å². The summed E-state index contributed by atoms with van der Waals surface area (Å²) in [6.45, 7) is 3.82. The Labute approximate surface area is 160 Å². The van der Waals surface area contributed by atoms with E-state index in [1.54, 1.807) is 6.07 Å². The number of hydrogen-bond donors (Lipinski definition) is 2. The highest BCUT2D eigenvalue weighted by atomic mass is 19.1. The van der Waals surface area contributed by atoms with Gasteiger partial charge in [-0.05, 0) is 49.7 Å². The first-order valence-corrected chi connectivity index (χ1v) is 8.45. The molecule has 3 aromatic rings. The van der Waals surface area contributed by atoms with Gasteiger partial charge in [-0.15, -0.1) is 0 Å². The van der Waals surface area contributed by atoms with Crippen LogP contribution in [0.1, 0.15) is 32.1 Å². The molecular formula is C21H17F2N3O2. The van der Waals surface area contributed by atoms with E-state index in [1.807, 2.05) is 26.0 Å². The highest BCUT2D eigenvalue weighted by Gasteiger charge is 2.15. The third kappa shape index (κ3) is 4.37. The van der Waals surface area contributed by atoms with Crippen LogP contribution in [0.15, 0.2) is 54.6 Å². The molecular weight excluding hydrogens is 364 g/mol. The molecule has 3 rings (SSSR count). The molecule has 28 heavy (non-hydrogen) atoms. The van der Waals surface area contributed by atoms with Crippen molar-refractivity contribution in [3.63, 3.8) is 0 Å². The molecule has 0 fully saturated rings. The number of benzene rings is 2. The summed E-state index contributed by atoms with van der Waals surface area (Å²) in [5.41, 5.74) is 2.39. The number of anilines is 2. The lowest BCUT2D eigenvalue weighted by atomic mass is 10.1. The average molecular weight is 381 g/mol. The number of pyridine rings is 1. The largest absolute Gasteiger partial charge is 0.320 e. The minimum Gasteiger partial charge on any atom is -0.320 e. The van der Waals surface area contributed by atoms with Gasteiger partial charge in [0.1, 0.15) is 23.0 Å². The zero-order chi connectivity index (χ0) is 20.3. The van der Waals surface area contributed by atoms with E-state index in [4.69, 9.17) is 0 Å². The zero-order valence-electron chi connectivity index (χ0n) is 15.2. The summed E-state index contributed by atoms with van der Waals surface area (Å²) in [6.07, 6.45) is 0. The van der Waals surface area contributed by atoms with Gasteiger partial charge in [-0.3, -0.25) is 9.59 Å². The van der Waals surface area contributed by atoms with Crippen molar-refractivity contribution in [1.82, 2.24) is 4.98 Å². The maximum absolute atomic E-state index is 13.7. The Balaban J connectivity index is 1.77. The molecule has 0 saturated heterocycles. The predicted molar refractivity (Wildman–Crippen MR) is 102 cm³/mol. The van der Waals surface area contributed by atoms with Crippen molar-refractivity contribution in [3.8, 4) is 0 Å². The van der Waals surface area contributed by atoms with Crippen LogP contribution in [-0.2, 0) is 0 Å². The fourth-order valence-electron chi connectivity index (χ4n) is 2.61. The van der Waals surface area contributed by atoms with E-state index in [0.29, 0.717) is 11.8 Å². The third-order valence-electron chi connectivity index (χ3n) is 4.02. The van der Waals surface area contributed by atoms with Crippen LogP contribution in [0.2, 0.25) is 0 Å². The molecule has 0 bridgehead atoms. The highest BCUT2D eigenvalue weighted by Crippen LogP contribution is 2.18. The lowest BCUT2D eigenvalue weighted by Crippen LogP contribution is -2.19. The summed E-state index contributed by atoms with van der Waals surface area (Å²) in [7, 11) is 0. The molecule has 0 atom stereocenters. The van der Waals surface area contributed by atoms with E-state index in [9.17, 15) is 18.4 Å². The maximum Gasteiger partial charge on any atom is 0.274 e. The molecule has 2 amide bonds. The maximum atomic E-state index is 13.7. The van der Waals surface area contributed by atoms with Crippen LogP contribution in [0, 0.1) is 25.5 Å². The summed E-state index contributed by atoms with van der Waals surface area (Å²) >= 11 is 0. The number of nitrogens with one attached hydrogen (secondary N) is 2. The first kappa shape index (κ1) is 19.2. The number of aryl methyl sites for hydroxylation is 2. The molecule has 0 spiro atoms. The average Bonchev–Trinajstić information content (AvgIpc) is 2.66. The van der Waals surface area contributed by atoms with Gasteiger partial charge >= 0.3 is 0 Å². The van der Waals surface area contributed by atoms with Crippen LogP contribution >= 0.6 is 0 Å². The Bertz CT molecular complexity index is 987. The summed E-state index contributed by atoms with van der Waals surface area (Å²) in [4.78, 5) is 28.8. The number of halogens is 2. The number of hydrogen-bond acceptors (Lipinski definition) is 3. The number of rotatable bonds is 4. The van der Waals surface area contributed by atoms with Gasteiger partial charge in [0.25, 0.3) is 11.8 Å². The van der Waals surface area contributed by atoms with E-state index < -0.39 is 23.4 Å². The monoisotopic (exact) mass is 381 g/mol. The minimum absolute atomic E-state index is 0.0344. The summed E-state index contributed by atoms with van der Waals surface area (Å²) in [6, 6.07) is 12.8. The van der Waals surface area contributed by atoms with E-state index in [1.165, 1.54) is 18.2 Å². The summed E-state index contributed by atoms with van der Waals surface area (Å²) in [5, 5.41) is 5.06. The smallest absolute Gasteiger partial charge is 0.274 e. The van der Waals surface area contributed by atoms with E-state index in [-0.39, 0.29) is 17.1 Å². The van der Waals surface area contributed by atoms with Crippen molar-refractivity contribution in [3.05, 3.63) is 88.7 Å². The van der Waals surface area contributed by atoms with Crippen molar-refractivity contribution in [2.45, 2.75) is 13.8 Å². The third-order valence-corrected chi connectivity index (χ3v) is 4.02. The van der Waals surface area contributed by atoms with E-state index >= 15 is 0 Å². The fraction of sp³-hybridized carbons (Fsp3) is 0.0952. The molecule has 0 radical (unpaired) electrons. The predicted octanol–water partition coefficient (Wildman–Crippen LogP) is 4.48. The van der Waals surface area contributed by atoms with Gasteiger partial charge in [0.15, 0.2) is 0 Å². The number of carbonyl (C=O) groups is 2. The Hall–Kier alpha value is -3.61. The highest BCUT2D eigenvalue weighted by molar-refractivity contribution is 6.06. The summed E-state index contributed by atoms with van der Waals surface area (Å²) < 4.78 is 26.7. The second-order valence-electron chi connectivity index (χ2n) is 6.26. The molecule has 0 saturated carbocycles. The van der Waals surface area contributed by atoms with Crippen molar-refractivity contribution < 1.29 is 18.4 Å². The lowest BCUT2D eigenvalue weighted by Gasteiger charge is -2.10. The Morgan fingerprint density at radius 2 is 1.43 bits per heavy atom. The van der Waals surface area contributed by atoms with Crippen molar-refractivity contribution >= 4 is 23.2 Å². The van der Waals surface area contributed by atoms with Gasteiger partial charge in [0.2, 0.25) is 0 Å². The molecule has 2 aromatic carbocycles. The fourth-order valence-corrected chi connectivity index (χ4v) is 2.61. The second kappa shape index (κ2) is 7.96. The van der Waals surface area contributed by atoms with Crippen LogP contribution < -0.4 is 10.6 Å². The summed E-state index contributed by atoms with van der Waals surface area (Å²) in [5.74, 6) is -2.85. The molecule has 142 valence electrons. The molecule has 0 aliphatic rings. The zero-order valence-corrected chi connectivity index (χ0v) is 15.2. The quantitative estimate of drug-likeness (QED) is 0.700. The molecule has 7 heteroatoms. The first-order valence-electron chi connectivity index (χ1n) is 8.45. The number of carbonyl (C=O) groups excluding carboxylic acids is 2. The van der Waals surface area contributed by atoms with Crippen molar-refractivity contribution in [2.24, 2.45) is 0 Å². The van der Waals surface area contributed by atoms with Gasteiger partial charge in [-0.2, -0.15) is 0 Å². The lowest BCUT2D eigenvalue weighted by molar-refractivity contribution is 0.101. The van der Waals surface area contributed by atoms with E-state index in [0.717, 1.165) is 23.3 Å². The normalized spacial score (nSPS) is 10.4. The Kier molecular flexibility index (Phi) is 5.44. The number of aromatic nitrogens is 1. The first-order chi connectivity index (χ1) is 13.3. The Morgan fingerprint density at radius 1 is 0.821 bits per heavy atom. The molecule has 1 heterocycles. The molecule has 2 N–H and O–H groups in total. The van der Waals surface area contributed by atoms with Crippen LogP contribution in [0.4, 0.5) is 20.2 Å². The van der Waals surface area contributed by atoms with Crippen LogP contribution in [-0.4, -0.2) is 16.8 Å². The number of amides is 2. The standard InChI is InChI=1S/C21H17F2N3O2/c1-12-6-8-16(13(2)10-12)25-20(27)18-4-3-5-19(24-18)21(28)26-17-9-7-14(22)11-15(17)23/h3-11H,1-2H3,(H,25,27)(H,26,28). The van der Waals surface area contributed by atoms with Gasteiger partial charge in [0, 0.05) is 11.8 Å². The van der Waals surface area contributed by atoms with Crippen molar-refractivity contribution in [1.29, 1.82) is 0 Å². The van der Waals surface area contributed by atoms with Crippen LogP contribution in [0.25, 0.3) is 0 Å². The van der Waals surface area contributed by atoms with Crippen LogP contribution in [0.5, 0.6) is 0 Å². The van der Waals surface area contributed by atoms with Gasteiger partial charge in [0.05, 0.1) is 5.69 Å². The molecule has 0 unspecified atom stereocenters. The molecule has 1 aromatic heterocycles. The van der Waals surface area contributed by atoms with Crippen LogP contribution in [0.3, 0.4) is 0 Å².